The van der Waals surface area contributed by atoms with Gasteiger partial charge in [0.1, 0.15) is 5.75 Å². The Morgan fingerprint density at radius 1 is 1.29 bits per heavy atom. The highest BCUT2D eigenvalue weighted by Gasteiger charge is 2.47. The van der Waals surface area contributed by atoms with Gasteiger partial charge in [0.15, 0.2) is 0 Å². The van der Waals surface area contributed by atoms with Gasteiger partial charge in [-0.15, -0.1) is 11.6 Å². The van der Waals surface area contributed by atoms with Gasteiger partial charge in [-0.05, 0) is 54.7 Å². The summed E-state index contributed by atoms with van der Waals surface area (Å²) in [5, 5.41) is 0.142. The molecule has 0 aromatic heterocycles. The second-order valence-electron chi connectivity index (χ2n) is 5.28. The van der Waals surface area contributed by atoms with Crippen LogP contribution in [-0.2, 0) is 0 Å². The van der Waals surface area contributed by atoms with Crippen LogP contribution in [0.5, 0.6) is 5.75 Å². The maximum absolute atomic E-state index is 6.63. The topological polar surface area (TPSA) is 9.23 Å². The number of fused-ring (bicyclic) bond motifs is 1. The molecule has 3 rings (SSSR count). The summed E-state index contributed by atoms with van der Waals surface area (Å²) in [5.41, 5.74) is 1.21. The molecule has 92 valence electrons. The molecule has 0 radical (unpaired) electrons. The van der Waals surface area contributed by atoms with Crippen molar-refractivity contribution in [2.75, 3.05) is 7.11 Å². The monoisotopic (exact) mass is 314 g/mol. The minimum absolute atomic E-state index is 0.142. The fourth-order valence-corrected chi connectivity index (χ4v) is 4.25. The maximum atomic E-state index is 6.63. The van der Waals surface area contributed by atoms with Crippen molar-refractivity contribution >= 4 is 27.5 Å². The molecular weight excluding hydrogens is 300 g/mol. The normalized spacial score (nSPS) is 32.1. The molecule has 2 fully saturated rings. The third kappa shape index (κ3) is 2.22. The van der Waals surface area contributed by atoms with Crippen LogP contribution >= 0.6 is 27.5 Å². The van der Waals surface area contributed by atoms with Gasteiger partial charge in [0.25, 0.3) is 0 Å². The van der Waals surface area contributed by atoms with Crippen molar-refractivity contribution in [3.05, 3.63) is 28.2 Å². The summed E-state index contributed by atoms with van der Waals surface area (Å²) in [6, 6.07) is 6.08. The van der Waals surface area contributed by atoms with Gasteiger partial charge in [-0.2, -0.15) is 0 Å². The predicted molar refractivity (Wildman–Crippen MR) is 73.6 cm³/mol. The molecule has 0 bridgehead atoms. The van der Waals surface area contributed by atoms with Gasteiger partial charge in [0, 0.05) is 4.47 Å². The van der Waals surface area contributed by atoms with E-state index in [1.807, 2.05) is 12.1 Å². The average molecular weight is 316 g/mol. The van der Waals surface area contributed by atoms with Gasteiger partial charge >= 0.3 is 0 Å². The first kappa shape index (κ1) is 11.9. The lowest BCUT2D eigenvalue weighted by atomic mass is 9.94. The smallest absolute Gasteiger partial charge is 0.120 e. The summed E-state index contributed by atoms with van der Waals surface area (Å²) >= 11 is 10.2. The summed E-state index contributed by atoms with van der Waals surface area (Å²) in [7, 11) is 1.68. The van der Waals surface area contributed by atoms with Crippen LogP contribution in [0.4, 0.5) is 0 Å². The minimum Gasteiger partial charge on any atom is -0.497 e. The lowest BCUT2D eigenvalue weighted by Gasteiger charge is -2.20. The van der Waals surface area contributed by atoms with Crippen LogP contribution in [0.1, 0.15) is 30.2 Å². The average Bonchev–Trinajstić information content (AvgIpc) is 2.95. The van der Waals surface area contributed by atoms with Crippen LogP contribution in [-0.4, -0.2) is 7.11 Å². The third-order valence-electron chi connectivity index (χ3n) is 4.20. The summed E-state index contributed by atoms with van der Waals surface area (Å²) in [6.45, 7) is 0. The molecule has 1 aromatic rings. The van der Waals surface area contributed by atoms with Gasteiger partial charge in [-0.1, -0.05) is 22.0 Å². The Hall–Kier alpha value is -0.210. The zero-order valence-corrected chi connectivity index (χ0v) is 12.2. The van der Waals surface area contributed by atoms with Gasteiger partial charge in [-0.25, -0.2) is 0 Å². The molecule has 2 saturated carbocycles. The standard InChI is InChI=1S/C14H16BrClO/c1-17-11-2-3-12(13(15)7-11)14(16)10-5-8-4-9(8)6-10/h2-3,7-10,14H,4-6H2,1H3. The van der Waals surface area contributed by atoms with Gasteiger partial charge in [-0.3, -0.25) is 0 Å². The number of hydrogen-bond acceptors (Lipinski definition) is 1. The first-order chi connectivity index (χ1) is 8.19. The van der Waals surface area contributed by atoms with Gasteiger partial charge < -0.3 is 4.74 Å². The Labute approximate surface area is 116 Å². The van der Waals surface area contributed by atoms with E-state index in [0.29, 0.717) is 5.92 Å². The summed E-state index contributed by atoms with van der Waals surface area (Å²) < 4.78 is 6.27. The molecule has 0 spiro atoms. The van der Waals surface area contributed by atoms with E-state index in [0.717, 1.165) is 22.1 Å². The first-order valence-electron chi connectivity index (χ1n) is 6.16. The Balaban J connectivity index is 1.78. The Morgan fingerprint density at radius 3 is 2.59 bits per heavy atom. The van der Waals surface area contributed by atoms with Crippen LogP contribution in [0, 0.1) is 17.8 Å². The molecule has 3 unspecified atom stereocenters. The van der Waals surface area contributed by atoms with E-state index in [4.69, 9.17) is 16.3 Å². The van der Waals surface area contributed by atoms with E-state index in [2.05, 4.69) is 22.0 Å². The number of methoxy groups -OCH3 is 1. The van der Waals surface area contributed by atoms with E-state index in [1.165, 1.54) is 24.8 Å². The first-order valence-corrected chi connectivity index (χ1v) is 7.39. The molecule has 0 saturated heterocycles. The van der Waals surface area contributed by atoms with E-state index in [1.54, 1.807) is 7.11 Å². The lowest BCUT2D eigenvalue weighted by molar-refractivity contribution is 0.413. The molecule has 17 heavy (non-hydrogen) atoms. The second-order valence-corrected chi connectivity index (χ2v) is 6.60. The molecule has 0 amide bonds. The molecule has 0 N–H and O–H groups in total. The summed E-state index contributed by atoms with van der Waals surface area (Å²) in [4.78, 5) is 0. The van der Waals surface area contributed by atoms with Crippen LogP contribution in [0.15, 0.2) is 22.7 Å². The van der Waals surface area contributed by atoms with Crippen molar-refractivity contribution in [3.63, 3.8) is 0 Å². The predicted octanol–water partition coefficient (Wildman–Crippen LogP) is 4.78. The van der Waals surface area contributed by atoms with E-state index >= 15 is 0 Å². The van der Waals surface area contributed by atoms with Crippen LogP contribution in [0.3, 0.4) is 0 Å². The molecule has 0 heterocycles. The number of alkyl halides is 1. The fraction of sp³-hybridized carbons (Fsp3) is 0.571. The largest absolute Gasteiger partial charge is 0.497 e. The number of halogens is 2. The van der Waals surface area contributed by atoms with Crippen molar-refractivity contribution in [2.45, 2.75) is 24.6 Å². The molecule has 2 aliphatic rings. The van der Waals surface area contributed by atoms with Crippen molar-refractivity contribution in [2.24, 2.45) is 17.8 Å². The highest BCUT2D eigenvalue weighted by Crippen LogP contribution is 2.58. The fourth-order valence-electron chi connectivity index (χ4n) is 3.11. The molecular formula is C14H16BrClO. The SMILES string of the molecule is COc1ccc(C(Cl)C2CC3CC3C2)c(Br)c1. The summed E-state index contributed by atoms with van der Waals surface area (Å²) in [5.74, 6) is 3.50. The quantitative estimate of drug-likeness (QED) is 0.729. The van der Waals surface area contributed by atoms with Gasteiger partial charge in [0.2, 0.25) is 0 Å². The molecule has 3 atom stereocenters. The van der Waals surface area contributed by atoms with Gasteiger partial charge in [0.05, 0.1) is 12.5 Å². The molecule has 1 nitrogen and oxygen atoms in total. The molecule has 3 heteroatoms. The minimum atomic E-state index is 0.142. The highest BCUT2D eigenvalue weighted by atomic mass is 79.9. The van der Waals surface area contributed by atoms with Crippen molar-refractivity contribution < 1.29 is 4.74 Å². The number of rotatable bonds is 3. The molecule has 2 aliphatic carbocycles. The number of hydrogen-bond donors (Lipinski definition) is 0. The van der Waals surface area contributed by atoms with Crippen LogP contribution < -0.4 is 4.74 Å². The van der Waals surface area contributed by atoms with Crippen molar-refractivity contribution in [3.8, 4) is 5.75 Å². The molecule has 1 aromatic carbocycles. The molecule has 0 aliphatic heterocycles. The number of benzene rings is 1. The highest BCUT2D eigenvalue weighted by molar-refractivity contribution is 9.10. The van der Waals surface area contributed by atoms with E-state index < -0.39 is 0 Å². The summed E-state index contributed by atoms with van der Waals surface area (Å²) in [6.07, 6.45) is 4.08. The Morgan fingerprint density at radius 2 is 2.00 bits per heavy atom. The van der Waals surface area contributed by atoms with Crippen molar-refractivity contribution in [1.29, 1.82) is 0 Å². The zero-order valence-electron chi connectivity index (χ0n) is 9.83. The van der Waals surface area contributed by atoms with Crippen molar-refractivity contribution in [1.82, 2.24) is 0 Å². The second kappa shape index (κ2) is 4.47. The number of ether oxygens (including phenoxy) is 1. The van der Waals surface area contributed by atoms with E-state index in [-0.39, 0.29) is 5.38 Å². The third-order valence-corrected chi connectivity index (χ3v) is 5.48. The zero-order chi connectivity index (χ0) is 12.0. The maximum Gasteiger partial charge on any atom is 0.120 e. The lowest BCUT2D eigenvalue weighted by Crippen LogP contribution is -2.06. The Kier molecular flexibility index (Phi) is 3.12. The van der Waals surface area contributed by atoms with Crippen LogP contribution in [0.2, 0.25) is 0 Å². The van der Waals surface area contributed by atoms with E-state index in [9.17, 15) is 0 Å². The Bertz CT molecular complexity index is 424. The van der Waals surface area contributed by atoms with Crippen LogP contribution in [0.25, 0.3) is 0 Å².